The van der Waals surface area contributed by atoms with Gasteiger partial charge >= 0.3 is 6.18 Å². The lowest BCUT2D eigenvalue weighted by Gasteiger charge is -2.16. The summed E-state index contributed by atoms with van der Waals surface area (Å²) in [7, 11) is 0. The maximum Gasteiger partial charge on any atom is 0.419 e. The number of thiazole rings is 1. The number of fused-ring (bicyclic) bond motifs is 1. The van der Waals surface area contributed by atoms with Gasteiger partial charge in [0.1, 0.15) is 11.9 Å². The number of aromatic nitrogens is 3. The zero-order valence-corrected chi connectivity index (χ0v) is 17.6. The number of rotatable bonds is 3. The fraction of sp³-hybridized carbons (Fsp3) is 0.182. The number of hydrogen-bond donors (Lipinski definition) is 0. The van der Waals surface area contributed by atoms with Crippen molar-refractivity contribution in [2.75, 3.05) is 0 Å². The van der Waals surface area contributed by atoms with Crippen LogP contribution in [0.2, 0.25) is 0 Å². The number of halogens is 4. The summed E-state index contributed by atoms with van der Waals surface area (Å²) < 4.78 is 55.3. The first-order chi connectivity index (χ1) is 15.1. The summed E-state index contributed by atoms with van der Waals surface area (Å²) in [5.41, 5.74) is -0.462. The lowest BCUT2D eigenvalue weighted by atomic mass is 9.95. The van der Waals surface area contributed by atoms with Gasteiger partial charge in [-0.15, -0.1) is 11.3 Å². The van der Waals surface area contributed by atoms with Gasteiger partial charge in [0.25, 0.3) is 5.56 Å². The summed E-state index contributed by atoms with van der Waals surface area (Å²) in [6.07, 6.45) is -1.91. The first-order valence-electron chi connectivity index (χ1n) is 9.36. The Morgan fingerprint density at radius 2 is 1.97 bits per heavy atom. The third-order valence-corrected chi connectivity index (χ3v) is 6.05. The van der Waals surface area contributed by atoms with E-state index in [0.717, 1.165) is 10.9 Å². The highest BCUT2D eigenvalue weighted by Gasteiger charge is 2.35. The van der Waals surface area contributed by atoms with E-state index in [9.17, 15) is 22.4 Å². The summed E-state index contributed by atoms with van der Waals surface area (Å²) >= 11 is 1.21. The predicted molar refractivity (Wildman–Crippen MR) is 111 cm³/mol. The highest BCUT2D eigenvalue weighted by atomic mass is 32.1. The molecular weight excluding hydrogens is 444 g/mol. The fourth-order valence-electron chi connectivity index (χ4n) is 3.54. The number of nitriles is 1. The molecule has 0 saturated carbocycles. The minimum atomic E-state index is -4.83. The Morgan fingerprint density at radius 3 is 2.66 bits per heavy atom. The number of pyridine rings is 1. The van der Waals surface area contributed by atoms with E-state index < -0.39 is 29.0 Å². The molecule has 0 spiro atoms. The van der Waals surface area contributed by atoms with Gasteiger partial charge in [-0.1, -0.05) is 19.1 Å². The molecule has 1 atom stereocenters. The molecule has 0 aliphatic heterocycles. The lowest BCUT2D eigenvalue weighted by Crippen LogP contribution is -2.17. The molecule has 4 rings (SSSR count). The van der Waals surface area contributed by atoms with Gasteiger partial charge in [-0.25, -0.2) is 9.37 Å². The average Bonchev–Trinajstić information content (AvgIpc) is 3.09. The molecule has 0 aliphatic rings. The summed E-state index contributed by atoms with van der Waals surface area (Å²) in [6, 6.07) is 7.84. The molecule has 3 heterocycles. The Bertz CT molecular complexity index is 1450. The first-order valence-corrected chi connectivity index (χ1v) is 10.2. The molecule has 1 unspecified atom stereocenters. The Kier molecular flexibility index (Phi) is 5.30. The largest absolute Gasteiger partial charge is 0.419 e. The molecule has 10 heteroatoms. The van der Waals surface area contributed by atoms with Gasteiger partial charge in [-0.2, -0.15) is 18.4 Å². The Morgan fingerprint density at radius 1 is 1.22 bits per heavy atom. The molecule has 32 heavy (non-hydrogen) atoms. The van der Waals surface area contributed by atoms with Crippen molar-refractivity contribution in [3.8, 4) is 17.3 Å². The van der Waals surface area contributed by atoms with Crippen LogP contribution in [0.3, 0.4) is 0 Å². The second-order valence-electron chi connectivity index (χ2n) is 7.15. The molecule has 0 aliphatic carbocycles. The number of nitrogens with zero attached hydrogens (tertiary/aromatic N) is 4. The minimum Gasteiger partial charge on any atom is -0.269 e. The van der Waals surface area contributed by atoms with E-state index in [-0.39, 0.29) is 11.3 Å². The first kappa shape index (κ1) is 21.6. The Labute approximate surface area is 183 Å². The van der Waals surface area contributed by atoms with Gasteiger partial charge in [0.2, 0.25) is 0 Å². The topological polar surface area (TPSA) is 71.1 Å². The zero-order chi connectivity index (χ0) is 23.2. The average molecular weight is 458 g/mol. The Balaban J connectivity index is 1.86. The van der Waals surface area contributed by atoms with Crippen molar-refractivity contribution < 1.29 is 17.6 Å². The second kappa shape index (κ2) is 7.84. The normalized spacial score (nSPS) is 12.7. The molecule has 0 fully saturated rings. The van der Waals surface area contributed by atoms with E-state index in [1.807, 2.05) is 6.07 Å². The molecule has 162 valence electrons. The number of benzene rings is 1. The molecule has 0 amide bonds. The molecule has 0 N–H and O–H groups in total. The summed E-state index contributed by atoms with van der Waals surface area (Å²) in [4.78, 5) is 22.5. The standard InChI is InChI=1S/C22H14F4N4OS/c1-11(15-4-3-5-16(19(15)23)22(24,25)26)17-7-18(31)30-20(12(2)32-21(30)29-17)14-6-13(8-27)9-28-10-14/h3-7,9-11H,1-2H3. The zero-order valence-electron chi connectivity index (χ0n) is 16.7. The highest BCUT2D eigenvalue weighted by molar-refractivity contribution is 7.17. The predicted octanol–water partition coefficient (Wildman–Crippen LogP) is 5.31. The van der Waals surface area contributed by atoms with E-state index in [1.165, 1.54) is 47.2 Å². The quantitative estimate of drug-likeness (QED) is 0.390. The van der Waals surface area contributed by atoms with Crippen LogP contribution in [0.25, 0.3) is 16.2 Å². The summed E-state index contributed by atoms with van der Waals surface area (Å²) in [5, 5.41) is 9.13. The molecule has 0 bridgehead atoms. The van der Waals surface area contributed by atoms with Crippen LogP contribution >= 0.6 is 11.3 Å². The van der Waals surface area contributed by atoms with Crippen LogP contribution in [0.15, 0.2) is 47.5 Å². The minimum absolute atomic E-state index is 0.157. The van der Waals surface area contributed by atoms with E-state index >= 15 is 0 Å². The molecule has 3 aromatic heterocycles. The van der Waals surface area contributed by atoms with Crippen molar-refractivity contribution in [2.45, 2.75) is 25.9 Å². The van der Waals surface area contributed by atoms with E-state index in [2.05, 4.69) is 9.97 Å². The number of aryl methyl sites for hydroxylation is 1. The van der Waals surface area contributed by atoms with Gasteiger partial charge in [-0.3, -0.25) is 14.2 Å². The number of alkyl halides is 3. The van der Waals surface area contributed by atoms with E-state index in [4.69, 9.17) is 5.26 Å². The van der Waals surface area contributed by atoms with Crippen molar-refractivity contribution in [1.29, 1.82) is 5.26 Å². The van der Waals surface area contributed by atoms with Gasteiger partial charge < -0.3 is 0 Å². The summed E-state index contributed by atoms with van der Waals surface area (Å²) in [6.45, 7) is 3.28. The lowest BCUT2D eigenvalue weighted by molar-refractivity contribution is -0.140. The van der Waals surface area contributed by atoms with Crippen LogP contribution in [0.4, 0.5) is 17.6 Å². The van der Waals surface area contributed by atoms with Gasteiger partial charge in [0.15, 0.2) is 4.96 Å². The third-order valence-electron chi connectivity index (χ3n) is 5.09. The van der Waals surface area contributed by atoms with Crippen LogP contribution in [0.5, 0.6) is 0 Å². The van der Waals surface area contributed by atoms with E-state index in [0.29, 0.717) is 27.8 Å². The molecular formula is C22H14F4N4OS. The molecule has 4 aromatic rings. The Hall–Kier alpha value is -3.58. The van der Waals surface area contributed by atoms with Crippen LogP contribution in [-0.4, -0.2) is 14.4 Å². The van der Waals surface area contributed by atoms with Crippen LogP contribution in [0.1, 0.15) is 40.1 Å². The van der Waals surface area contributed by atoms with Crippen molar-refractivity contribution in [3.63, 3.8) is 0 Å². The summed E-state index contributed by atoms with van der Waals surface area (Å²) in [5.74, 6) is -2.26. The highest BCUT2D eigenvalue weighted by Crippen LogP contribution is 2.36. The molecule has 0 radical (unpaired) electrons. The van der Waals surface area contributed by atoms with E-state index in [1.54, 1.807) is 13.0 Å². The third kappa shape index (κ3) is 3.65. The maximum atomic E-state index is 14.6. The second-order valence-corrected chi connectivity index (χ2v) is 8.33. The van der Waals surface area contributed by atoms with Gasteiger partial charge in [0.05, 0.1) is 22.5 Å². The van der Waals surface area contributed by atoms with Crippen LogP contribution < -0.4 is 5.56 Å². The van der Waals surface area contributed by atoms with Crippen molar-refractivity contribution in [3.05, 3.63) is 86.2 Å². The van der Waals surface area contributed by atoms with Crippen molar-refractivity contribution >= 4 is 16.3 Å². The molecule has 0 saturated heterocycles. The smallest absolute Gasteiger partial charge is 0.269 e. The van der Waals surface area contributed by atoms with Crippen LogP contribution in [-0.2, 0) is 6.18 Å². The number of hydrogen-bond acceptors (Lipinski definition) is 5. The molecule has 1 aromatic carbocycles. The monoisotopic (exact) mass is 458 g/mol. The van der Waals surface area contributed by atoms with Gasteiger partial charge in [-0.05, 0) is 24.6 Å². The SMILES string of the molecule is Cc1sc2nc(C(C)c3cccc(C(F)(F)F)c3F)cc(=O)n2c1-c1cncc(C#N)c1. The van der Waals surface area contributed by atoms with Crippen LogP contribution in [0, 0.1) is 24.1 Å². The van der Waals surface area contributed by atoms with Crippen molar-refractivity contribution in [1.82, 2.24) is 14.4 Å². The van der Waals surface area contributed by atoms with Crippen molar-refractivity contribution in [2.24, 2.45) is 0 Å². The van der Waals surface area contributed by atoms with Gasteiger partial charge in [0, 0.05) is 34.8 Å². The fourth-order valence-corrected chi connectivity index (χ4v) is 4.55. The maximum absolute atomic E-state index is 14.6. The molecule has 5 nitrogen and oxygen atoms in total.